The van der Waals surface area contributed by atoms with E-state index in [9.17, 15) is 4.79 Å². The number of carbonyl (C=O) groups is 1. The van der Waals surface area contributed by atoms with Gasteiger partial charge in [-0.25, -0.2) is 0 Å². The van der Waals surface area contributed by atoms with E-state index >= 15 is 0 Å². The summed E-state index contributed by atoms with van der Waals surface area (Å²) in [6.45, 7) is 7.99. The summed E-state index contributed by atoms with van der Waals surface area (Å²) in [5, 5.41) is 4.57. The van der Waals surface area contributed by atoms with Crippen molar-refractivity contribution >= 4 is 5.91 Å². The molecule has 0 bridgehead atoms. The number of aromatic nitrogens is 2. The SMILES string of the molecule is Cc1cc(C(=O)N2CCO[C@@H](CN(C)C)[C@@H]2c2ccccc2)nn1C(C)C. The molecule has 1 aromatic carbocycles. The maximum Gasteiger partial charge on any atom is 0.275 e. The van der Waals surface area contributed by atoms with E-state index in [2.05, 4.69) is 36.0 Å². The fraction of sp³-hybridized carbons (Fsp3) is 0.524. The van der Waals surface area contributed by atoms with Crippen LogP contribution in [0.25, 0.3) is 0 Å². The zero-order valence-corrected chi connectivity index (χ0v) is 16.9. The third-order valence-electron chi connectivity index (χ3n) is 4.93. The standard InChI is InChI=1S/C21H30N4O2/c1-15(2)25-16(3)13-18(22-25)21(26)24-11-12-27-19(14-23(4)5)20(24)17-9-7-6-8-10-17/h6-10,13,15,19-20H,11-12,14H2,1-5H3/t19-,20-/m0/s1. The van der Waals surface area contributed by atoms with Gasteiger partial charge in [0.05, 0.1) is 18.8 Å². The van der Waals surface area contributed by atoms with Crippen LogP contribution in [0.3, 0.4) is 0 Å². The number of amides is 1. The largest absolute Gasteiger partial charge is 0.373 e. The molecule has 146 valence electrons. The Bertz CT molecular complexity index is 770. The maximum atomic E-state index is 13.4. The van der Waals surface area contributed by atoms with Crippen LogP contribution in [-0.4, -0.2) is 65.4 Å². The monoisotopic (exact) mass is 370 g/mol. The molecule has 0 spiro atoms. The van der Waals surface area contributed by atoms with Crippen molar-refractivity contribution in [1.29, 1.82) is 0 Å². The van der Waals surface area contributed by atoms with Gasteiger partial charge in [-0.15, -0.1) is 0 Å². The molecule has 1 aliphatic rings. The van der Waals surface area contributed by atoms with Crippen molar-refractivity contribution in [2.45, 2.75) is 39.0 Å². The van der Waals surface area contributed by atoms with E-state index in [-0.39, 0.29) is 24.1 Å². The second-order valence-electron chi connectivity index (χ2n) is 7.73. The summed E-state index contributed by atoms with van der Waals surface area (Å²) in [4.78, 5) is 17.4. The molecular formula is C21H30N4O2. The molecule has 1 aliphatic heterocycles. The summed E-state index contributed by atoms with van der Waals surface area (Å²) in [6, 6.07) is 12.1. The predicted octanol–water partition coefficient (Wildman–Crippen LogP) is 2.92. The molecular weight excluding hydrogens is 340 g/mol. The zero-order chi connectivity index (χ0) is 19.6. The van der Waals surface area contributed by atoms with Crippen molar-refractivity contribution in [1.82, 2.24) is 19.6 Å². The summed E-state index contributed by atoms with van der Waals surface area (Å²) in [6.07, 6.45) is -0.0756. The fourth-order valence-electron chi connectivity index (χ4n) is 3.78. The maximum absolute atomic E-state index is 13.4. The van der Waals surface area contributed by atoms with Crippen LogP contribution in [0.15, 0.2) is 36.4 Å². The molecule has 0 N–H and O–H groups in total. The van der Waals surface area contributed by atoms with E-state index in [4.69, 9.17) is 4.74 Å². The minimum atomic E-state index is -0.126. The smallest absolute Gasteiger partial charge is 0.275 e. The van der Waals surface area contributed by atoms with Gasteiger partial charge < -0.3 is 14.5 Å². The Morgan fingerprint density at radius 2 is 2.00 bits per heavy atom. The summed E-state index contributed by atoms with van der Waals surface area (Å²) in [5.74, 6) is -0.0293. The topological polar surface area (TPSA) is 50.6 Å². The zero-order valence-electron chi connectivity index (χ0n) is 16.9. The van der Waals surface area contributed by atoms with Crippen molar-refractivity contribution < 1.29 is 9.53 Å². The van der Waals surface area contributed by atoms with Gasteiger partial charge in [0.25, 0.3) is 5.91 Å². The van der Waals surface area contributed by atoms with Crippen molar-refractivity contribution in [3.63, 3.8) is 0 Å². The number of rotatable bonds is 5. The van der Waals surface area contributed by atoms with Crippen molar-refractivity contribution in [3.8, 4) is 0 Å². The highest BCUT2D eigenvalue weighted by Crippen LogP contribution is 2.31. The molecule has 2 heterocycles. The highest BCUT2D eigenvalue weighted by Gasteiger charge is 2.37. The van der Waals surface area contributed by atoms with Crippen LogP contribution in [0.1, 0.15) is 47.7 Å². The van der Waals surface area contributed by atoms with Crippen LogP contribution in [0.2, 0.25) is 0 Å². The molecule has 0 aliphatic carbocycles. The number of nitrogens with zero attached hydrogens (tertiary/aromatic N) is 4. The number of morpholine rings is 1. The van der Waals surface area contributed by atoms with Gasteiger partial charge in [-0.3, -0.25) is 9.48 Å². The van der Waals surface area contributed by atoms with E-state index in [1.807, 2.05) is 54.9 Å². The van der Waals surface area contributed by atoms with Gasteiger partial charge in [-0.2, -0.15) is 5.10 Å². The molecule has 1 amide bonds. The first kappa shape index (κ1) is 19.6. The van der Waals surface area contributed by atoms with Gasteiger partial charge in [-0.05, 0) is 46.5 Å². The average Bonchev–Trinajstić information content (AvgIpc) is 3.03. The van der Waals surface area contributed by atoms with Crippen LogP contribution in [0, 0.1) is 6.92 Å². The molecule has 27 heavy (non-hydrogen) atoms. The lowest BCUT2D eigenvalue weighted by atomic mass is 9.97. The lowest BCUT2D eigenvalue weighted by Crippen LogP contribution is -2.51. The van der Waals surface area contributed by atoms with Crippen LogP contribution < -0.4 is 0 Å². The number of likely N-dealkylation sites (N-methyl/N-ethyl adjacent to an activating group) is 1. The predicted molar refractivity (Wildman–Crippen MR) is 106 cm³/mol. The molecule has 2 aromatic rings. The highest BCUT2D eigenvalue weighted by molar-refractivity contribution is 5.92. The second kappa shape index (κ2) is 8.23. The fourth-order valence-corrected chi connectivity index (χ4v) is 3.78. The molecule has 6 heteroatoms. The van der Waals surface area contributed by atoms with Crippen LogP contribution in [0.5, 0.6) is 0 Å². The molecule has 0 saturated carbocycles. The number of hydrogen-bond acceptors (Lipinski definition) is 4. The Hall–Kier alpha value is -2.18. The summed E-state index contributed by atoms with van der Waals surface area (Å²) < 4.78 is 7.98. The van der Waals surface area contributed by atoms with Crippen molar-refractivity contribution in [2.75, 3.05) is 33.8 Å². The lowest BCUT2D eigenvalue weighted by molar-refractivity contribution is -0.0686. The van der Waals surface area contributed by atoms with E-state index < -0.39 is 0 Å². The molecule has 0 radical (unpaired) electrons. The van der Waals surface area contributed by atoms with Crippen molar-refractivity contribution in [2.24, 2.45) is 0 Å². The molecule has 1 saturated heterocycles. The van der Waals surface area contributed by atoms with Crippen LogP contribution in [0.4, 0.5) is 0 Å². The minimum absolute atomic E-state index is 0.0293. The van der Waals surface area contributed by atoms with Gasteiger partial charge >= 0.3 is 0 Å². The molecule has 1 aromatic heterocycles. The summed E-state index contributed by atoms with van der Waals surface area (Å²) in [5.41, 5.74) is 2.60. The second-order valence-corrected chi connectivity index (χ2v) is 7.73. The molecule has 2 atom stereocenters. The van der Waals surface area contributed by atoms with E-state index in [0.717, 1.165) is 17.8 Å². The van der Waals surface area contributed by atoms with E-state index in [0.29, 0.717) is 18.8 Å². The van der Waals surface area contributed by atoms with Gasteiger partial charge in [0, 0.05) is 24.8 Å². The number of carbonyl (C=O) groups excluding carboxylic acids is 1. The van der Waals surface area contributed by atoms with Crippen LogP contribution in [-0.2, 0) is 4.74 Å². The Labute approximate surface area is 161 Å². The van der Waals surface area contributed by atoms with E-state index in [1.54, 1.807) is 0 Å². The molecule has 6 nitrogen and oxygen atoms in total. The summed E-state index contributed by atoms with van der Waals surface area (Å²) in [7, 11) is 4.06. The Kier molecular flexibility index (Phi) is 5.97. The first-order valence-electron chi connectivity index (χ1n) is 9.57. The number of aryl methyl sites for hydroxylation is 1. The van der Waals surface area contributed by atoms with Gasteiger partial charge in [0.1, 0.15) is 0 Å². The third-order valence-corrected chi connectivity index (χ3v) is 4.93. The average molecular weight is 370 g/mol. The molecule has 0 unspecified atom stereocenters. The normalized spacial score (nSPS) is 20.5. The van der Waals surface area contributed by atoms with E-state index in [1.165, 1.54) is 0 Å². The van der Waals surface area contributed by atoms with Gasteiger partial charge in [-0.1, -0.05) is 30.3 Å². The van der Waals surface area contributed by atoms with Gasteiger partial charge in [0.15, 0.2) is 5.69 Å². The Balaban J connectivity index is 1.95. The third kappa shape index (κ3) is 4.22. The number of benzene rings is 1. The van der Waals surface area contributed by atoms with Crippen molar-refractivity contribution in [3.05, 3.63) is 53.3 Å². The lowest BCUT2D eigenvalue weighted by Gasteiger charge is -2.42. The molecule has 3 rings (SSSR count). The Morgan fingerprint density at radius 3 is 2.59 bits per heavy atom. The van der Waals surface area contributed by atoms with Crippen LogP contribution >= 0.6 is 0 Å². The minimum Gasteiger partial charge on any atom is -0.373 e. The quantitative estimate of drug-likeness (QED) is 0.812. The highest BCUT2D eigenvalue weighted by atomic mass is 16.5. The first-order chi connectivity index (χ1) is 12.9. The first-order valence-corrected chi connectivity index (χ1v) is 9.57. The molecule has 1 fully saturated rings. The number of ether oxygens (including phenoxy) is 1. The summed E-state index contributed by atoms with van der Waals surface area (Å²) >= 11 is 0. The Morgan fingerprint density at radius 1 is 1.30 bits per heavy atom. The van der Waals surface area contributed by atoms with Gasteiger partial charge in [0.2, 0.25) is 0 Å². The number of hydrogen-bond donors (Lipinski definition) is 0.